The number of aromatic nitrogens is 1. The Kier molecular flexibility index (Phi) is 9.08. The van der Waals surface area contributed by atoms with Gasteiger partial charge in [0.1, 0.15) is 24.0 Å². The molecule has 8 heteroatoms. The molecule has 0 bridgehead atoms. The Hall–Kier alpha value is -2.55. The van der Waals surface area contributed by atoms with E-state index in [1.54, 1.807) is 39.0 Å². The number of cyclic esters (lactones) is 1. The first-order chi connectivity index (χ1) is 16.9. The lowest BCUT2D eigenvalue weighted by Gasteiger charge is -2.34. The number of aliphatic hydroxyl groups is 3. The van der Waals surface area contributed by atoms with Crippen LogP contribution in [0.25, 0.3) is 11.1 Å². The standard InChI is InChI=1S/C28H39NO7/c1-16-7-6-8-17(2)26(33)18(3)27(34)28(4,5)23(31)14-25(32)36-21(11-9-16)19-10-12-22-20(13-19)29-24(15-30)35-22/h9-10,12-13,17-18,21,23,26,30-31,33H,6-8,11,14-15H2,1-5H3/b16-9-/t17?,18?,21-,23?,26-/m0/s1. The van der Waals surface area contributed by atoms with Crippen molar-refractivity contribution in [2.45, 2.75) is 91.6 Å². The van der Waals surface area contributed by atoms with Gasteiger partial charge < -0.3 is 24.5 Å². The SMILES string of the molecule is C/C1=C/C[C@@H](c2ccc3oc(CO)nc3c2)OC(=O)CC(O)C(C)(C)C(=O)C(C)[C@@H](O)C(C)CCC1. The molecule has 1 aromatic carbocycles. The summed E-state index contributed by atoms with van der Waals surface area (Å²) in [6, 6.07) is 5.29. The zero-order chi connectivity index (χ0) is 26.6. The molecule has 3 rings (SSSR count). The molecule has 0 radical (unpaired) electrons. The summed E-state index contributed by atoms with van der Waals surface area (Å²) in [5.41, 5.74) is 1.70. The van der Waals surface area contributed by atoms with Gasteiger partial charge in [0, 0.05) is 12.3 Å². The van der Waals surface area contributed by atoms with Crippen molar-refractivity contribution in [2.75, 3.05) is 0 Å². The highest BCUT2D eigenvalue weighted by Gasteiger charge is 2.42. The Balaban J connectivity index is 1.91. The van der Waals surface area contributed by atoms with Crippen LogP contribution in [0.5, 0.6) is 0 Å². The second-order valence-corrected chi connectivity index (χ2v) is 10.7. The van der Waals surface area contributed by atoms with Gasteiger partial charge in [0.25, 0.3) is 0 Å². The number of aliphatic hydroxyl groups excluding tert-OH is 3. The second-order valence-electron chi connectivity index (χ2n) is 10.7. The summed E-state index contributed by atoms with van der Waals surface area (Å²) >= 11 is 0. The number of rotatable bonds is 2. The monoisotopic (exact) mass is 501 g/mol. The minimum atomic E-state index is -1.27. The van der Waals surface area contributed by atoms with E-state index in [4.69, 9.17) is 9.15 Å². The van der Waals surface area contributed by atoms with Crippen LogP contribution in [-0.2, 0) is 20.9 Å². The Morgan fingerprint density at radius 1 is 1.17 bits per heavy atom. The molecule has 0 aliphatic carbocycles. The molecular formula is C28H39NO7. The number of benzene rings is 1. The number of hydrogen-bond donors (Lipinski definition) is 3. The van der Waals surface area contributed by atoms with E-state index in [2.05, 4.69) is 4.98 Å². The number of oxazole rings is 1. The van der Waals surface area contributed by atoms with Gasteiger partial charge in [-0.1, -0.05) is 45.4 Å². The normalized spacial score (nSPS) is 30.6. The lowest BCUT2D eigenvalue weighted by atomic mass is 9.73. The van der Waals surface area contributed by atoms with Crippen molar-refractivity contribution in [1.82, 2.24) is 4.98 Å². The summed E-state index contributed by atoms with van der Waals surface area (Å²) in [5, 5.41) is 31.0. The summed E-state index contributed by atoms with van der Waals surface area (Å²) in [6.07, 6.45) is 1.86. The number of Topliss-reactive ketones (excluding diaryl/α,β-unsaturated/α-hetero) is 1. The van der Waals surface area contributed by atoms with Crippen molar-refractivity contribution < 1.29 is 34.1 Å². The summed E-state index contributed by atoms with van der Waals surface area (Å²) in [4.78, 5) is 30.4. The molecule has 198 valence electrons. The Morgan fingerprint density at radius 3 is 2.58 bits per heavy atom. The summed E-state index contributed by atoms with van der Waals surface area (Å²) < 4.78 is 11.3. The van der Waals surface area contributed by atoms with Gasteiger partial charge in [0.05, 0.1) is 24.0 Å². The molecule has 8 nitrogen and oxygen atoms in total. The van der Waals surface area contributed by atoms with Crippen LogP contribution in [0.15, 0.2) is 34.3 Å². The van der Waals surface area contributed by atoms with E-state index in [0.29, 0.717) is 23.1 Å². The van der Waals surface area contributed by atoms with E-state index in [0.717, 1.165) is 24.8 Å². The molecule has 3 N–H and O–H groups in total. The van der Waals surface area contributed by atoms with Crippen LogP contribution < -0.4 is 0 Å². The number of ether oxygens (including phenoxy) is 1. The van der Waals surface area contributed by atoms with E-state index >= 15 is 0 Å². The molecule has 0 amide bonds. The summed E-state index contributed by atoms with van der Waals surface area (Å²) in [7, 11) is 0. The lowest BCUT2D eigenvalue weighted by Crippen LogP contribution is -2.45. The van der Waals surface area contributed by atoms with Crippen LogP contribution in [0.1, 0.15) is 84.3 Å². The summed E-state index contributed by atoms with van der Waals surface area (Å²) in [5.74, 6) is -1.44. The predicted octanol–water partition coefficient (Wildman–Crippen LogP) is 4.40. The third kappa shape index (κ3) is 6.41. The maximum atomic E-state index is 13.2. The number of ketones is 1. The predicted molar refractivity (Wildman–Crippen MR) is 135 cm³/mol. The molecule has 0 fully saturated rings. The van der Waals surface area contributed by atoms with E-state index in [1.165, 1.54) is 0 Å². The van der Waals surface area contributed by atoms with Crippen LogP contribution in [0.4, 0.5) is 0 Å². The minimum Gasteiger partial charge on any atom is -0.457 e. The smallest absolute Gasteiger partial charge is 0.309 e. The van der Waals surface area contributed by atoms with Gasteiger partial charge >= 0.3 is 5.97 Å². The molecular weight excluding hydrogens is 462 g/mol. The quantitative estimate of drug-likeness (QED) is 0.408. The van der Waals surface area contributed by atoms with Crippen LogP contribution in [0, 0.1) is 17.3 Å². The molecule has 0 saturated heterocycles. The van der Waals surface area contributed by atoms with Crippen molar-refractivity contribution in [2.24, 2.45) is 17.3 Å². The van der Waals surface area contributed by atoms with Crippen LogP contribution in [-0.4, -0.2) is 44.3 Å². The molecule has 5 atom stereocenters. The second kappa shape index (κ2) is 11.7. The first kappa shape index (κ1) is 28.0. The van der Waals surface area contributed by atoms with E-state index < -0.39 is 35.6 Å². The highest BCUT2D eigenvalue weighted by molar-refractivity contribution is 5.88. The molecule has 1 aliphatic rings. The van der Waals surface area contributed by atoms with Crippen molar-refractivity contribution >= 4 is 22.9 Å². The minimum absolute atomic E-state index is 0.0756. The molecule has 2 heterocycles. The number of hydrogen-bond acceptors (Lipinski definition) is 8. The largest absolute Gasteiger partial charge is 0.457 e. The molecule has 2 aromatic rings. The van der Waals surface area contributed by atoms with Gasteiger partial charge in [-0.05, 0) is 49.8 Å². The number of carbonyl (C=O) groups excluding carboxylic acids is 2. The van der Waals surface area contributed by atoms with E-state index in [1.807, 2.05) is 19.9 Å². The van der Waals surface area contributed by atoms with Crippen LogP contribution in [0.3, 0.4) is 0 Å². The maximum absolute atomic E-state index is 13.2. The highest BCUT2D eigenvalue weighted by Crippen LogP contribution is 2.33. The van der Waals surface area contributed by atoms with Crippen molar-refractivity contribution in [3.8, 4) is 0 Å². The van der Waals surface area contributed by atoms with Gasteiger partial charge in [-0.15, -0.1) is 0 Å². The molecule has 1 aliphatic heterocycles. The fourth-order valence-electron chi connectivity index (χ4n) is 4.81. The van der Waals surface area contributed by atoms with Crippen LogP contribution in [0.2, 0.25) is 0 Å². The summed E-state index contributed by atoms with van der Waals surface area (Å²) in [6.45, 7) is 8.54. The first-order valence-corrected chi connectivity index (χ1v) is 12.7. The van der Waals surface area contributed by atoms with E-state index in [-0.39, 0.29) is 30.6 Å². The first-order valence-electron chi connectivity index (χ1n) is 12.7. The topological polar surface area (TPSA) is 130 Å². The molecule has 3 unspecified atom stereocenters. The Morgan fingerprint density at radius 2 is 1.89 bits per heavy atom. The lowest BCUT2D eigenvalue weighted by molar-refractivity contribution is -0.155. The fourth-order valence-corrected chi connectivity index (χ4v) is 4.81. The number of allylic oxidation sites excluding steroid dienone is 1. The average molecular weight is 502 g/mol. The number of esters is 1. The third-order valence-corrected chi connectivity index (χ3v) is 7.48. The van der Waals surface area contributed by atoms with Crippen molar-refractivity contribution in [1.29, 1.82) is 0 Å². The average Bonchev–Trinajstić information content (AvgIpc) is 3.26. The van der Waals surface area contributed by atoms with Crippen LogP contribution >= 0.6 is 0 Å². The Bertz CT molecular complexity index is 1100. The van der Waals surface area contributed by atoms with Gasteiger partial charge in [0.2, 0.25) is 5.89 Å². The number of nitrogens with zero attached hydrogens (tertiary/aromatic N) is 1. The van der Waals surface area contributed by atoms with Crippen molar-refractivity contribution in [3.63, 3.8) is 0 Å². The van der Waals surface area contributed by atoms with Gasteiger partial charge in [-0.3, -0.25) is 9.59 Å². The fraction of sp³-hybridized carbons (Fsp3) is 0.607. The van der Waals surface area contributed by atoms with Crippen molar-refractivity contribution in [3.05, 3.63) is 41.3 Å². The number of fused-ring (bicyclic) bond motifs is 1. The van der Waals surface area contributed by atoms with Gasteiger partial charge in [-0.25, -0.2) is 4.98 Å². The highest BCUT2D eigenvalue weighted by atomic mass is 16.5. The third-order valence-electron chi connectivity index (χ3n) is 7.48. The van der Waals surface area contributed by atoms with Gasteiger partial charge in [0.15, 0.2) is 5.58 Å². The Labute approximate surface area is 212 Å². The maximum Gasteiger partial charge on any atom is 0.309 e. The van der Waals surface area contributed by atoms with Gasteiger partial charge in [-0.2, -0.15) is 0 Å². The molecule has 36 heavy (non-hydrogen) atoms. The van der Waals surface area contributed by atoms with E-state index in [9.17, 15) is 24.9 Å². The molecule has 0 spiro atoms. The molecule has 0 saturated carbocycles. The zero-order valence-electron chi connectivity index (χ0n) is 21.9. The zero-order valence-corrected chi connectivity index (χ0v) is 21.9. The number of carbonyl (C=O) groups is 2. The molecule has 1 aromatic heterocycles.